The van der Waals surface area contributed by atoms with Crippen LogP contribution < -0.4 is 19.1 Å². The second kappa shape index (κ2) is 10.7. The van der Waals surface area contributed by atoms with Gasteiger partial charge in [0, 0.05) is 16.0 Å². The van der Waals surface area contributed by atoms with Crippen molar-refractivity contribution in [3.63, 3.8) is 0 Å². The molecule has 1 N–H and O–H groups in total. The summed E-state index contributed by atoms with van der Waals surface area (Å²) >= 11 is 7.22. The Labute approximate surface area is 216 Å². The first-order chi connectivity index (χ1) is 17.2. The number of nitrogens with one attached hydrogen (secondary N) is 1. The average molecular weight is 552 g/mol. The average Bonchev–Trinajstić information content (AvgIpc) is 3.29. The van der Waals surface area contributed by atoms with Crippen molar-refractivity contribution in [3.05, 3.63) is 58.1 Å². The molecule has 0 saturated heterocycles. The van der Waals surface area contributed by atoms with E-state index in [-0.39, 0.29) is 53.1 Å². The number of nitrogens with zero attached hydrogens (tertiary/aromatic N) is 2. The van der Waals surface area contributed by atoms with E-state index in [9.17, 15) is 18.0 Å². The maximum Gasteiger partial charge on any atom is 0.311 e. The Morgan fingerprint density at radius 1 is 1.25 bits per heavy atom. The van der Waals surface area contributed by atoms with E-state index in [0.29, 0.717) is 16.6 Å². The highest BCUT2D eigenvalue weighted by molar-refractivity contribution is 7.93. The Balaban J connectivity index is 1.60. The molecule has 4 rings (SSSR count). The maximum atomic E-state index is 13.6. The summed E-state index contributed by atoms with van der Waals surface area (Å²) in [6.07, 6.45) is -0.00379. The van der Waals surface area contributed by atoms with E-state index < -0.39 is 21.9 Å². The van der Waals surface area contributed by atoms with Gasteiger partial charge in [-0.1, -0.05) is 11.6 Å². The summed E-state index contributed by atoms with van der Waals surface area (Å²) in [4.78, 5) is 28.7. The van der Waals surface area contributed by atoms with Crippen molar-refractivity contribution in [1.29, 1.82) is 0 Å². The number of amides is 1. The van der Waals surface area contributed by atoms with Gasteiger partial charge in [-0.05, 0) is 43.3 Å². The number of esters is 1. The van der Waals surface area contributed by atoms with Crippen molar-refractivity contribution in [2.75, 3.05) is 36.5 Å². The highest BCUT2D eigenvalue weighted by Crippen LogP contribution is 2.39. The highest BCUT2D eigenvalue weighted by atomic mass is 35.5. The molecule has 0 spiro atoms. The van der Waals surface area contributed by atoms with Crippen molar-refractivity contribution < 1.29 is 32.2 Å². The molecule has 0 aliphatic carbocycles. The van der Waals surface area contributed by atoms with Crippen LogP contribution in [0.5, 0.6) is 11.5 Å². The van der Waals surface area contributed by atoms with Gasteiger partial charge in [0.05, 0.1) is 38.1 Å². The molecule has 10 nitrogen and oxygen atoms in total. The Morgan fingerprint density at radius 2 is 2.06 bits per heavy atom. The minimum absolute atomic E-state index is 0.00379. The number of rotatable bonds is 8. The summed E-state index contributed by atoms with van der Waals surface area (Å²) in [7, 11) is -2.73. The fourth-order valence-corrected chi connectivity index (χ4v) is 6.11. The number of hydrogen-bond donors (Lipinski definition) is 1. The molecule has 36 heavy (non-hydrogen) atoms. The topological polar surface area (TPSA) is 124 Å². The molecule has 0 unspecified atom stereocenters. The van der Waals surface area contributed by atoms with Crippen molar-refractivity contribution in [1.82, 2.24) is 4.98 Å². The Kier molecular flexibility index (Phi) is 7.67. The minimum Gasteiger partial charge on any atom is -0.495 e. The number of halogens is 1. The van der Waals surface area contributed by atoms with Crippen molar-refractivity contribution in [2.24, 2.45) is 0 Å². The zero-order chi connectivity index (χ0) is 25.9. The number of thiazole rings is 1. The third-order valence-electron chi connectivity index (χ3n) is 5.14. The third kappa shape index (κ3) is 5.40. The summed E-state index contributed by atoms with van der Waals surface area (Å²) in [6, 6.07) is 8.83. The van der Waals surface area contributed by atoms with Gasteiger partial charge in [0.2, 0.25) is 0 Å². The minimum atomic E-state index is -4.10. The van der Waals surface area contributed by atoms with Crippen LogP contribution in [0.2, 0.25) is 5.02 Å². The van der Waals surface area contributed by atoms with Crippen LogP contribution in [0.1, 0.15) is 23.0 Å². The number of anilines is 2. The van der Waals surface area contributed by atoms with Crippen LogP contribution in [0.25, 0.3) is 0 Å². The van der Waals surface area contributed by atoms with Crippen LogP contribution in [0.3, 0.4) is 0 Å². The van der Waals surface area contributed by atoms with Gasteiger partial charge < -0.3 is 14.2 Å². The third-order valence-corrected chi connectivity index (χ3v) is 8.01. The second-order valence-electron chi connectivity index (χ2n) is 7.48. The molecule has 13 heteroatoms. The fourth-order valence-electron chi connectivity index (χ4n) is 3.53. The number of sulfonamides is 1. The molecule has 1 amide bonds. The lowest BCUT2D eigenvalue weighted by Crippen LogP contribution is -2.38. The van der Waals surface area contributed by atoms with Gasteiger partial charge in [-0.2, -0.15) is 0 Å². The number of carbonyl (C=O) groups excluding carboxylic acids is 2. The van der Waals surface area contributed by atoms with Crippen LogP contribution in [-0.2, 0) is 26.0 Å². The largest absolute Gasteiger partial charge is 0.495 e. The molecule has 1 aromatic heterocycles. The van der Waals surface area contributed by atoms with Crippen LogP contribution >= 0.6 is 22.9 Å². The highest BCUT2D eigenvalue weighted by Gasteiger charge is 2.33. The van der Waals surface area contributed by atoms with E-state index in [0.717, 1.165) is 15.6 Å². The van der Waals surface area contributed by atoms with E-state index >= 15 is 0 Å². The number of benzene rings is 2. The monoisotopic (exact) mass is 551 g/mol. The quantitative estimate of drug-likeness (QED) is 0.420. The number of hydrogen-bond acceptors (Lipinski definition) is 9. The van der Waals surface area contributed by atoms with Crippen LogP contribution in [0.15, 0.2) is 46.7 Å². The second-order valence-corrected chi connectivity index (χ2v) is 10.6. The number of carbonyl (C=O) groups is 2. The van der Waals surface area contributed by atoms with E-state index in [1.54, 1.807) is 12.3 Å². The number of ether oxygens (including phenoxy) is 3. The van der Waals surface area contributed by atoms with E-state index in [1.165, 1.54) is 43.5 Å². The summed E-state index contributed by atoms with van der Waals surface area (Å²) in [5.74, 6) is -0.455. The van der Waals surface area contributed by atoms with Gasteiger partial charge in [-0.15, -0.1) is 11.3 Å². The standard InChI is InChI=1S/C23H22ClN3O7S2/c1-3-33-21(28)12-16-13-35-23(25-16)26-22(29)14-4-6-18-17(10-14)27(8-9-34-18)36(30,31)20-11-15(24)5-7-19(20)32-2/h4-7,10-11,13H,3,8-9,12H2,1-2H3,(H,25,26,29). The predicted octanol–water partition coefficient (Wildman–Crippen LogP) is 3.75. The first-order valence-electron chi connectivity index (χ1n) is 10.8. The molecule has 1 aliphatic heterocycles. The van der Waals surface area contributed by atoms with E-state index in [1.807, 2.05) is 0 Å². The summed E-state index contributed by atoms with van der Waals surface area (Å²) in [5, 5.41) is 4.86. The molecular weight excluding hydrogens is 530 g/mol. The van der Waals surface area contributed by atoms with Gasteiger partial charge in [0.25, 0.3) is 15.9 Å². The van der Waals surface area contributed by atoms with Gasteiger partial charge in [0.15, 0.2) is 5.13 Å². The van der Waals surface area contributed by atoms with Crippen LogP contribution in [0.4, 0.5) is 10.8 Å². The summed E-state index contributed by atoms with van der Waals surface area (Å²) in [5.41, 5.74) is 0.873. The van der Waals surface area contributed by atoms with Crippen molar-refractivity contribution >= 4 is 55.7 Å². The maximum absolute atomic E-state index is 13.6. The fraction of sp³-hybridized carbons (Fsp3) is 0.261. The Bertz CT molecular complexity index is 1410. The SMILES string of the molecule is CCOC(=O)Cc1csc(NC(=O)c2ccc3c(c2)N(S(=O)(=O)c2cc(Cl)ccc2OC)CCO3)n1. The molecule has 190 valence electrons. The van der Waals surface area contributed by atoms with Crippen molar-refractivity contribution in [2.45, 2.75) is 18.2 Å². The van der Waals surface area contributed by atoms with Gasteiger partial charge >= 0.3 is 5.97 Å². The molecule has 0 radical (unpaired) electrons. The summed E-state index contributed by atoms with van der Waals surface area (Å²) < 4.78 is 44.1. The zero-order valence-electron chi connectivity index (χ0n) is 19.3. The molecular formula is C23H22ClN3O7S2. The van der Waals surface area contributed by atoms with E-state index in [4.69, 9.17) is 25.8 Å². The van der Waals surface area contributed by atoms with Gasteiger partial charge in [-0.25, -0.2) is 13.4 Å². The number of methoxy groups -OCH3 is 1. The molecule has 0 fully saturated rings. The Hall–Kier alpha value is -3.35. The Morgan fingerprint density at radius 3 is 2.81 bits per heavy atom. The number of aromatic nitrogens is 1. The summed E-state index contributed by atoms with van der Waals surface area (Å²) in [6.45, 7) is 2.14. The molecule has 0 bridgehead atoms. The van der Waals surface area contributed by atoms with Crippen LogP contribution in [-0.4, -0.2) is 52.1 Å². The van der Waals surface area contributed by atoms with E-state index in [2.05, 4.69) is 10.3 Å². The van der Waals surface area contributed by atoms with Gasteiger partial charge in [0.1, 0.15) is 23.0 Å². The molecule has 1 aliphatic rings. The normalized spacial score (nSPS) is 12.9. The first-order valence-corrected chi connectivity index (χ1v) is 13.5. The molecule has 3 aromatic rings. The number of fused-ring (bicyclic) bond motifs is 1. The van der Waals surface area contributed by atoms with Gasteiger partial charge in [-0.3, -0.25) is 19.2 Å². The molecule has 0 saturated carbocycles. The van der Waals surface area contributed by atoms with Crippen molar-refractivity contribution in [3.8, 4) is 11.5 Å². The smallest absolute Gasteiger partial charge is 0.311 e. The lowest BCUT2D eigenvalue weighted by molar-refractivity contribution is -0.142. The molecule has 2 aromatic carbocycles. The lowest BCUT2D eigenvalue weighted by atomic mass is 10.1. The molecule has 0 atom stereocenters. The zero-order valence-corrected chi connectivity index (χ0v) is 21.7. The predicted molar refractivity (Wildman–Crippen MR) is 135 cm³/mol. The molecule has 2 heterocycles. The van der Waals surface area contributed by atoms with Crippen LogP contribution in [0, 0.1) is 0 Å². The lowest BCUT2D eigenvalue weighted by Gasteiger charge is -2.31. The first kappa shape index (κ1) is 25.7.